The van der Waals surface area contributed by atoms with Crippen molar-refractivity contribution in [3.05, 3.63) is 82.1 Å². The maximum Gasteiger partial charge on any atom is 0.417 e. The van der Waals surface area contributed by atoms with Crippen LogP contribution in [0.3, 0.4) is 0 Å². The highest BCUT2D eigenvalue weighted by Crippen LogP contribution is 2.37. The molecule has 27 heavy (non-hydrogen) atoms. The predicted octanol–water partition coefficient (Wildman–Crippen LogP) is 5.13. The fraction of sp³-hybridized carbons (Fsp3) is 0.0556. The Labute approximate surface area is 150 Å². The van der Waals surface area contributed by atoms with Crippen LogP contribution in [-0.4, -0.2) is 10.8 Å². The number of amides is 1. The zero-order valence-corrected chi connectivity index (χ0v) is 13.5. The average molecular weight is 376 g/mol. The van der Waals surface area contributed by atoms with Crippen LogP contribution in [0.2, 0.25) is 0 Å². The molecular formula is C18H11F3N2O4. The minimum Gasteiger partial charge on any atom is -0.451 e. The lowest BCUT2D eigenvalue weighted by Crippen LogP contribution is -2.10. The van der Waals surface area contributed by atoms with Crippen molar-refractivity contribution in [3.8, 4) is 11.3 Å². The number of furan rings is 1. The predicted molar refractivity (Wildman–Crippen MR) is 90.2 cm³/mol. The number of benzene rings is 2. The van der Waals surface area contributed by atoms with Crippen molar-refractivity contribution in [2.75, 3.05) is 5.32 Å². The fourth-order valence-corrected chi connectivity index (χ4v) is 2.41. The number of rotatable bonds is 4. The molecule has 0 atom stereocenters. The molecule has 0 aliphatic rings. The average Bonchev–Trinajstić information content (AvgIpc) is 3.11. The summed E-state index contributed by atoms with van der Waals surface area (Å²) in [4.78, 5) is 22.2. The number of non-ortho nitro benzene ring substituents is 1. The van der Waals surface area contributed by atoms with Crippen molar-refractivity contribution in [3.63, 3.8) is 0 Å². The Morgan fingerprint density at radius 3 is 2.30 bits per heavy atom. The molecule has 1 heterocycles. The highest BCUT2D eigenvalue weighted by molar-refractivity contribution is 6.02. The van der Waals surface area contributed by atoms with E-state index in [2.05, 4.69) is 5.32 Å². The Morgan fingerprint density at radius 2 is 1.67 bits per heavy atom. The minimum absolute atomic E-state index is 0.100. The second kappa shape index (κ2) is 6.94. The van der Waals surface area contributed by atoms with Crippen LogP contribution in [0.25, 0.3) is 11.3 Å². The van der Waals surface area contributed by atoms with Gasteiger partial charge in [-0.15, -0.1) is 0 Å². The summed E-state index contributed by atoms with van der Waals surface area (Å²) < 4.78 is 44.6. The van der Waals surface area contributed by atoms with Crippen molar-refractivity contribution in [1.29, 1.82) is 0 Å². The van der Waals surface area contributed by atoms with E-state index in [1.807, 2.05) is 0 Å². The van der Waals surface area contributed by atoms with Gasteiger partial charge in [0, 0.05) is 23.4 Å². The van der Waals surface area contributed by atoms with Crippen molar-refractivity contribution < 1.29 is 27.3 Å². The van der Waals surface area contributed by atoms with E-state index in [1.165, 1.54) is 54.6 Å². The van der Waals surface area contributed by atoms with Crippen LogP contribution in [0.4, 0.5) is 24.5 Å². The van der Waals surface area contributed by atoms with E-state index in [9.17, 15) is 28.1 Å². The van der Waals surface area contributed by atoms with E-state index in [-0.39, 0.29) is 28.5 Å². The molecule has 3 rings (SSSR count). The first-order valence-electron chi connectivity index (χ1n) is 7.58. The maximum absolute atomic E-state index is 13.1. The quantitative estimate of drug-likeness (QED) is 0.505. The Hall–Kier alpha value is -3.62. The summed E-state index contributed by atoms with van der Waals surface area (Å²) >= 11 is 0. The number of nitrogens with one attached hydrogen (secondary N) is 1. The van der Waals surface area contributed by atoms with Crippen LogP contribution in [0.5, 0.6) is 0 Å². The normalized spacial score (nSPS) is 11.2. The lowest BCUT2D eigenvalue weighted by Gasteiger charge is -2.10. The Bertz CT molecular complexity index is 994. The van der Waals surface area contributed by atoms with Crippen LogP contribution in [0, 0.1) is 10.1 Å². The monoisotopic (exact) mass is 376 g/mol. The molecule has 0 fully saturated rings. The first-order chi connectivity index (χ1) is 12.8. The van der Waals surface area contributed by atoms with Gasteiger partial charge in [-0.25, -0.2) is 0 Å². The summed E-state index contributed by atoms with van der Waals surface area (Å²) in [6.07, 6.45) is -4.56. The number of carbonyl (C=O) groups is 1. The summed E-state index contributed by atoms with van der Waals surface area (Å²) in [5.74, 6) is -0.989. The minimum atomic E-state index is -4.56. The molecule has 0 radical (unpaired) electrons. The highest BCUT2D eigenvalue weighted by atomic mass is 19.4. The smallest absolute Gasteiger partial charge is 0.417 e. The third kappa shape index (κ3) is 3.97. The van der Waals surface area contributed by atoms with E-state index in [4.69, 9.17) is 4.42 Å². The maximum atomic E-state index is 13.1. The van der Waals surface area contributed by atoms with Crippen LogP contribution in [0.1, 0.15) is 16.1 Å². The summed E-state index contributed by atoms with van der Waals surface area (Å²) in [5, 5.41) is 13.1. The number of nitrogens with zero attached hydrogens (tertiary/aromatic N) is 1. The lowest BCUT2D eigenvalue weighted by molar-refractivity contribution is -0.384. The van der Waals surface area contributed by atoms with Crippen LogP contribution in [0.15, 0.2) is 65.1 Å². The summed E-state index contributed by atoms with van der Waals surface area (Å²) in [7, 11) is 0. The van der Waals surface area contributed by atoms with Gasteiger partial charge in [-0.1, -0.05) is 18.2 Å². The molecule has 0 aliphatic heterocycles. The zero-order chi connectivity index (χ0) is 19.6. The van der Waals surface area contributed by atoms with Crippen LogP contribution in [-0.2, 0) is 6.18 Å². The molecule has 3 aromatic rings. The third-order valence-corrected chi connectivity index (χ3v) is 3.66. The van der Waals surface area contributed by atoms with Gasteiger partial charge in [-0.2, -0.15) is 13.2 Å². The van der Waals surface area contributed by atoms with E-state index in [0.29, 0.717) is 0 Å². The topological polar surface area (TPSA) is 85.4 Å². The molecule has 0 spiro atoms. The number of nitro groups is 1. The molecule has 9 heteroatoms. The molecule has 0 bridgehead atoms. The van der Waals surface area contributed by atoms with Gasteiger partial charge in [0.05, 0.1) is 10.5 Å². The Kier molecular flexibility index (Phi) is 4.68. The van der Waals surface area contributed by atoms with E-state index in [0.717, 1.165) is 6.07 Å². The van der Waals surface area contributed by atoms with Gasteiger partial charge in [0.25, 0.3) is 11.6 Å². The van der Waals surface area contributed by atoms with Gasteiger partial charge in [0.15, 0.2) is 5.76 Å². The lowest BCUT2D eigenvalue weighted by atomic mass is 10.1. The molecule has 1 amide bonds. The molecule has 1 N–H and O–H groups in total. The third-order valence-electron chi connectivity index (χ3n) is 3.66. The van der Waals surface area contributed by atoms with E-state index < -0.39 is 22.6 Å². The van der Waals surface area contributed by atoms with Crippen molar-refractivity contribution >= 4 is 17.3 Å². The molecule has 0 unspecified atom stereocenters. The number of hydrogen-bond acceptors (Lipinski definition) is 4. The molecule has 138 valence electrons. The Balaban J connectivity index is 1.82. The number of hydrogen-bond donors (Lipinski definition) is 1. The standard InChI is InChI=1S/C18H11F3N2O4/c19-18(20,21)14-4-2-1-3-13(14)15-9-10-16(27-15)17(24)22-11-5-7-12(8-6-11)23(25)26/h1-10H,(H,22,24). The van der Waals surface area contributed by atoms with Gasteiger partial charge in [0.2, 0.25) is 0 Å². The van der Waals surface area contributed by atoms with Crippen LogP contribution >= 0.6 is 0 Å². The number of alkyl halides is 3. The summed E-state index contributed by atoms with van der Waals surface area (Å²) in [5.41, 5.74) is -0.919. The van der Waals surface area contributed by atoms with Gasteiger partial charge in [-0.05, 0) is 30.3 Å². The number of halogens is 3. The van der Waals surface area contributed by atoms with Gasteiger partial charge in [0.1, 0.15) is 5.76 Å². The van der Waals surface area contributed by atoms with E-state index >= 15 is 0 Å². The molecular weight excluding hydrogens is 365 g/mol. The van der Waals surface area contributed by atoms with Crippen molar-refractivity contribution in [2.45, 2.75) is 6.18 Å². The molecule has 0 saturated carbocycles. The van der Waals surface area contributed by atoms with Crippen molar-refractivity contribution in [1.82, 2.24) is 0 Å². The second-order valence-corrected chi connectivity index (χ2v) is 5.47. The molecule has 2 aromatic carbocycles. The SMILES string of the molecule is O=C(Nc1ccc([N+](=O)[O-])cc1)c1ccc(-c2ccccc2C(F)(F)F)o1. The van der Waals surface area contributed by atoms with Crippen LogP contribution < -0.4 is 5.32 Å². The highest BCUT2D eigenvalue weighted by Gasteiger charge is 2.34. The molecule has 0 aliphatic carbocycles. The van der Waals surface area contributed by atoms with Gasteiger partial charge < -0.3 is 9.73 Å². The van der Waals surface area contributed by atoms with Gasteiger partial charge >= 0.3 is 6.18 Å². The zero-order valence-electron chi connectivity index (χ0n) is 13.5. The largest absolute Gasteiger partial charge is 0.451 e. The first kappa shape index (κ1) is 18.2. The number of carbonyl (C=O) groups excluding carboxylic acids is 1. The number of anilines is 1. The molecule has 6 nitrogen and oxygen atoms in total. The van der Waals surface area contributed by atoms with Crippen molar-refractivity contribution in [2.24, 2.45) is 0 Å². The van der Waals surface area contributed by atoms with Gasteiger partial charge in [-0.3, -0.25) is 14.9 Å². The summed E-state index contributed by atoms with van der Waals surface area (Å²) in [6.45, 7) is 0. The Morgan fingerprint density at radius 1 is 1.00 bits per heavy atom. The molecule has 1 aromatic heterocycles. The van der Waals surface area contributed by atoms with E-state index in [1.54, 1.807) is 0 Å². The second-order valence-electron chi connectivity index (χ2n) is 5.47. The number of nitro benzene ring substituents is 1. The fourth-order valence-electron chi connectivity index (χ4n) is 2.41. The first-order valence-corrected chi connectivity index (χ1v) is 7.58. The summed E-state index contributed by atoms with van der Waals surface area (Å²) in [6, 6.07) is 12.5. The molecule has 0 saturated heterocycles.